The molecule has 2 rings (SSSR count). The van der Waals surface area contributed by atoms with E-state index in [2.05, 4.69) is 10.1 Å². The molecule has 110 valence electrons. The van der Waals surface area contributed by atoms with Gasteiger partial charge in [0.15, 0.2) is 0 Å². The van der Waals surface area contributed by atoms with Gasteiger partial charge in [-0.2, -0.15) is 27.6 Å². The molecule has 1 aromatic carbocycles. The van der Waals surface area contributed by atoms with Crippen molar-refractivity contribution in [2.45, 2.75) is 6.92 Å². The molecule has 0 aliphatic carbocycles. The molecule has 0 fully saturated rings. The molecule has 0 aliphatic heterocycles. The number of rotatable bonds is 3. The molecule has 0 saturated carbocycles. The topological polar surface area (TPSA) is 37.3 Å². The Labute approximate surface area is 122 Å². The van der Waals surface area contributed by atoms with Gasteiger partial charge in [-0.05, 0) is 24.6 Å². The average Bonchev–Trinajstić information content (AvgIpc) is 2.45. The second-order valence-electron chi connectivity index (χ2n) is 4.01. The number of halogens is 5. The third-order valence-corrected chi connectivity index (χ3v) is 2.85. The highest BCUT2D eigenvalue weighted by molar-refractivity contribution is 6.30. The molecule has 0 bridgehead atoms. The Morgan fingerprint density at radius 2 is 1.57 bits per heavy atom. The number of nitrogens with one attached hydrogen (secondary N) is 1. The van der Waals surface area contributed by atoms with Crippen molar-refractivity contribution in [1.29, 1.82) is 0 Å². The lowest BCUT2D eigenvalue weighted by molar-refractivity contribution is 0.411. The Balaban J connectivity index is 2.31. The van der Waals surface area contributed by atoms with Gasteiger partial charge in [-0.3, -0.25) is 5.43 Å². The largest absolute Gasteiger partial charge is 0.272 e. The van der Waals surface area contributed by atoms with Crippen LogP contribution in [0, 0.1) is 23.5 Å². The van der Waals surface area contributed by atoms with Crippen molar-refractivity contribution < 1.29 is 17.6 Å². The fraction of sp³-hybridized carbons (Fsp3) is 0.0769. The van der Waals surface area contributed by atoms with Crippen LogP contribution in [0.3, 0.4) is 0 Å². The van der Waals surface area contributed by atoms with Gasteiger partial charge in [0.25, 0.3) is 11.9 Å². The first kappa shape index (κ1) is 15.2. The van der Waals surface area contributed by atoms with Crippen molar-refractivity contribution in [1.82, 2.24) is 4.98 Å². The summed E-state index contributed by atoms with van der Waals surface area (Å²) in [7, 11) is 0. The highest BCUT2D eigenvalue weighted by Crippen LogP contribution is 2.22. The van der Waals surface area contributed by atoms with Crippen molar-refractivity contribution in [2.24, 2.45) is 5.10 Å². The molecule has 1 heterocycles. The molecule has 0 aliphatic rings. The van der Waals surface area contributed by atoms with Crippen molar-refractivity contribution in [3.8, 4) is 0 Å². The van der Waals surface area contributed by atoms with Crippen LogP contribution >= 0.6 is 11.6 Å². The standard InChI is InChI=1S/C13H8ClF4N3/c1-6(7-2-4-8(14)5-3-7)20-21-11-9(15)12(17)19-13(18)10(11)16/h2-5H,1H3,(H,19,21)/b20-6+. The van der Waals surface area contributed by atoms with Crippen molar-refractivity contribution in [2.75, 3.05) is 5.43 Å². The summed E-state index contributed by atoms with van der Waals surface area (Å²) in [5, 5.41) is 4.19. The lowest BCUT2D eigenvalue weighted by Gasteiger charge is -2.07. The maximum Gasteiger partial charge on any atom is 0.254 e. The van der Waals surface area contributed by atoms with E-state index in [0.717, 1.165) is 0 Å². The quantitative estimate of drug-likeness (QED) is 0.400. The minimum absolute atomic E-state index is 0.336. The minimum Gasteiger partial charge on any atom is -0.272 e. The van der Waals surface area contributed by atoms with Gasteiger partial charge in [-0.25, -0.2) is 0 Å². The molecule has 0 radical (unpaired) electrons. The molecule has 21 heavy (non-hydrogen) atoms. The van der Waals surface area contributed by atoms with Crippen molar-refractivity contribution in [3.63, 3.8) is 0 Å². The monoisotopic (exact) mass is 317 g/mol. The lowest BCUT2D eigenvalue weighted by Crippen LogP contribution is -2.07. The second-order valence-corrected chi connectivity index (χ2v) is 4.45. The summed E-state index contributed by atoms with van der Waals surface area (Å²) in [5.74, 6) is -6.81. The summed E-state index contributed by atoms with van der Waals surface area (Å²) < 4.78 is 52.5. The van der Waals surface area contributed by atoms with Crippen molar-refractivity contribution in [3.05, 3.63) is 58.4 Å². The molecule has 0 spiro atoms. The normalized spacial score (nSPS) is 11.6. The number of benzene rings is 1. The molecular formula is C13H8ClF4N3. The van der Waals surface area contributed by atoms with Crippen LogP contribution in [0.25, 0.3) is 0 Å². The molecule has 0 saturated heterocycles. The van der Waals surface area contributed by atoms with Gasteiger partial charge < -0.3 is 0 Å². The SMILES string of the molecule is C/C(=N\Nc1c(F)c(F)nc(F)c1F)c1ccc(Cl)cc1. The molecule has 0 amide bonds. The molecule has 3 nitrogen and oxygen atoms in total. The summed E-state index contributed by atoms with van der Waals surface area (Å²) in [5.41, 5.74) is 1.86. The van der Waals surface area contributed by atoms with E-state index < -0.39 is 29.2 Å². The van der Waals surface area contributed by atoms with E-state index in [1.165, 1.54) is 0 Å². The Morgan fingerprint density at radius 1 is 1.05 bits per heavy atom. The van der Waals surface area contributed by atoms with Crippen LogP contribution in [0.5, 0.6) is 0 Å². The number of hydrazone groups is 1. The fourth-order valence-electron chi connectivity index (χ4n) is 1.48. The first-order valence-electron chi connectivity index (χ1n) is 5.66. The van der Waals surface area contributed by atoms with E-state index in [-0.39, 0.29) is 0 Å². The first-order valence-corrected chi connectivity index (χ1v) is 6.04. The van der Waals surface area contributed by atoms with Crippen LogP contribution < -0.4 is 5.43 Å². The van der Waals surface area contributed by atoms with Crippen LogP contribution in [0.1, 0.15) is 12.5 Å². The lowest BCUT2D eigenvalue weighted by atomic mass is 10.1. The summed E-state index contributed by atoms with van der Waals surface area (Å²) in [6.45, 7) is 1.54. The van der Waals surface area contributed by atoms with Gasteiger partial charge in [-0.15, -0.1) is 0 Å². The van der Waals surface area contributed by atoms with Crippen LogP contribution in [-0.2, 0) is 0 Å². The Morgan fingerprint density at radius 3 is 2.10 bits per heavy atom. The first-order chi connectivity index (χ1) is 9.90. The fourth-order valence-corrected chi connectivity index (χ4v) is 1.61. The van der Waals surface area contributed by atoms with Crippen LogP contribution in [-0.4, -0.2) is 10.7 Å². The smallest absolute Gasteiger partial charge is 0.254 e. The van der Waals surface area contributed by atoms with Gasteiger partial charge in [0.1, 0.15) is 5.69 Å². The molecule has 0 unspecified atom stereocenters. The zero-order valence-corrected chi connectivity index (χ0v) is 11.3. The summed E-state index contributed by atoms with van der Waals surface area (Å²) in [6, 6.07) is 6.46. The summed E-state index contributed by atoms with van der Waals surface area (Å²) in [4.78, 5) is 2.44. The molecule has 0 atom stereocenters. The number of hydrogen-bond donors (Lipinski definition) is 1. The second kappa shape index (κ2) is 6.09. The van der Waals surface area contributed by atoms with Gasteiger partial charge in [-0.1, -0.05) is 23.7 Å². The summed E-state index contributed by atoms with van der Waals surface area (Å²) in [6.07, 6.45) is 0. The van der Waals surface area contributed by atoms with E-state index in [1.54, 1.807) is 31.2 Å². The highest BCUT2D eigenvalue weighted by Gasteiger charge is 2.20. The average molecular weight is 318 g/mol. The number of pyridine rings is 1. The molecule has 1 aromatic heterocycles. The van der Waals surface area contributed by atoms with E-state index in [9.17, 15) is 17.6 Å². The highest BCUT2D eigenvalue weighted by atomic mass is 35.5. The maximum absolute atomic E-state index is 13.4. The van der Waals surface area contributed by atoms with Gasteiger partial charge >= 0.3 is 0 Å². The molecule has 1 N–H and O–H groups in total. The zero-order chi connectivity index (χ0) is 15.6. The van der Waals surface area contributed by atoms with Crippen molar-refractivity contribution >= 4 is 23.0 Å². The van der Waals surface area contributed by atoms with Gasteiger partial charge in [0.05, 0.1) is 5.71 Å². The predicted octanol–water partition coefficient (Wildman–Crippen LogP) is 4.13. The van der Waals surface area contributed by atoms with Gasteiger partial charge in [0, 0.05) is 5.02 Å². The van der Waals surface area contributed by atoms with Gasteiger partial charge in [0.2, 0.25) is 11.6 Å². The van der Waals surface area contributed by atoms with Crippen LogP contribution in [0.4, 0.5) is 23.2 Å². The number of hydrogen-bond acceptors (Lipinski definition) is 3. The van der Waals surface area contributed by atoms with Crippen LogP contribution in [0.2, 0.25) is 5.02 Å². The molecule has 8 heteroatoms. The zero-order valence-electron chi connectivity index (χ0n) is 10.6. The molecular weight excluding hydrogens is 310 g/mol. The predicted molar refractivity (Wildman–Crippen MR) is 71.4 cm³/mol. The number of nitrogens with zero attached hydrogens (tertiary/aromatic N) is 2. The van der Waals surface area contributed by atoms with E-state index in [0.29, 0.717) is 16.3 Å². The van der Waals surface area contributed by atoms with E-state index in [4.69, 9.17) is 11.6 Å². The Hall–Kier alpha value is -2.15. The molecule has 2 aromatic rings. The van der Waals surface area contributed by atoms with Crippen LogP contribution in [0.15, 0.2) is 29.4 Å². The van der Waals surface area contributed by atoms with E-state index in [1.807, 2.05) is 5.43 Å². The summed E-state index contributed by atoms with van der Waals surface area (Å²) >= 11 is 5.72. The Bertz CT molecular complexity index is 675. The third kappa shape index (κ3) is 3.30. The minimum atomic E-state index is -1.75. The Kier molecular flexibility index (Phi) is 4.42. The maximum atomic E-state index is 13.4. The number of anilines is 1. The third-order valence-electron chi connectivity index (χ3n) is 2.59. The van der Waals surface area contributed by atoms with E-state index >= 15 is 0 Å². The number of aromatic nitrogens is 1.